The van der Waals surface area contributed by atoms with E-state index in [1.54, 1.807) is 13.8 Å². The Hall–Kier alpha value is -4.34. The average Bonchev–Trinajstić information content (AvgIpc) is 2.90. The highest BCUT2D eigenvalue weighted by molar-refractivity contribution is 5.91. The van der Waals surface area contributed by atoms with Gasteiger partial charge in [-0.2, -0.15) is 0 Å². The lowest BCUT2D eigenvalue weighted by Crippen LogP contribution is -2.40. The third-order valence-corrected chi connectivity index (χ3v) is 5.05. The lowest BCUT2D eigenvalue weighted by Gasteiger charge is -2.18. The van der Waals surface area contributed by atoms with E-state index >= 15 is 0 Å². The van der Waals surface area contributed by atoms with Crippen LogP contribution in [0.3, 0.4) is 0 Å². The number of ether oxygens (including phenoxy) is 4. The summed E-state index contributed by atoms with van der Waals surface area (Å²) in [6, 6.07) is 17.7. The van der Waals surface area contributed by atoms with Gasteiger partial charge in [-0.3, -0.25) is 0 Å². The molecule has 2 rings (SSSR count). The van der Waals surface area contributed by atoms with Gasteiger partial charge >= 0.3 is 24.1 Å². The van der Waals surface area contributed by atoms with Crippen molar-refractivity contribution < 1.29 is 38.1 Å². The van der Waals surface area contributed by atoms with Crippen LogP contribution >= 0.6 is 0 Å². The molecule has 0 aliphatic carbocycles. The summed E-state index contributed by atoms with van der Waals surface area (Å²) in [6.45, 7) is 3.52. The predicted molar refractivity (Wildman–Crippen MR) is 139 cm³/mol. The van der Waals surface area contributed by atoms with Crippen molar-refractivity contribution in [2.45, 2.75) is 38.8 Å². The zero-order valence-corrected chi connectivity index (χ0v) is 21.6. The van der Waals surface area contributed by atoms with E-state index in [0.29, 0.717) is 12.8 Å². The Balaban J connectivity index is 1.87. The summed E-state index contributed by atoms with van der Waals surface area (Å²) in [6.07, 6.45) is 1.47. The second-order valence-corrected chi connectivity index (χ2v) is 8.10. The molecule has 0 aliphatic heterocycles. The first-order valence-corrected chi connectivity index (χ1v) is 12.4. The van der Waals surface area contributed by atoms with E-state index in [0.717, 1.165) is 23.3 Å². The minimum Gasteiger partial charge on any atom is -0.460 e. The van der Waals surface area contributed by atoms with E-state index in [4.69, 9.17) is 18.9 Å². The molecule has 0 aromatic heterocycles. The Kier molecular flexibility index (Phi) is 13.5. The molecule has 204 valence electrons. The van der Waals surface area contributed by atoms with Crippen LogP contribution < -0.4 is 10.6 Å². The predicted octanol–water partition coefficient (Wildman–Crippen LogP) is 3.34. The van der Waals surface area contributed by atoms with Crippen LogP contribution in [0.1, 0.15) is 25.0 Å². The maximum atomic E-state index is 12.2. The largest absolute Gasteiger partial charge is 0.460 e. The smallest absolute Gasteiger partial charge is 0.407 e. The van der Waals surface area contributed by atoms with Gasteiger partial charge in [-0.25, -0.2) is 19.2 Å². The first kappa shape index (κ1) is 29.9. The number of hydrogen-bond donors (Lipinski definition) is 2. The van der Waals surface area contributed by atoms with Gasteiger partial charge in [-0.1, -0.05) is 60.7 Å². The maximum absolute atomic E-state index is 12.2. The van der Waals surface area contributed by atoms with Crippen molar-refractivity contribution in [1.29, 1.82) is 0 Å². The van der Waals surface area contributed by atoms with E-state index < -0.39 is 36.2 Å². The number of rotatable bonds is 14. The van der Waals surface area contributed by atoms with Crippen molar-refractivity contribution in [2.24, 2.45) is 0 Å². The van der Waals surface area contributed by atoms with Crippen molar-refractivity contribution in [3.05, 3.63) is 83.9 Å². The molecule has 0 bridgehead atoms. The van der Waals surface area contributed by atoms with Crippen molar-refractivity contribution in [1.82, 2.24) is 10.6 Å². The molecule has 2 N–H and O–H groups in total. The fourth-order valence-corrected chi connectivity index (χ4v) is 3.38. The highest BCUT2D eigenvalue weighted by Crippen LogP contribution is 2.06. The van der Waals surface area contributed by atoms with Gasteiger partial charge in [-0.05, 0) is 37.8 Å². The lowest BCUT2D eigenvalue weighted by molar-refractivity contribution is -0.141. The zero-order valence-electron chi connectivity index (χ0n) is 21.6. The van der Waals surface area contributed by atoms with Crippen molar-refractivity contribution >= 4 is 24.1 Å². The molecule has 2 atom stereocenters. The molecule has 2 aromatic rings. The molecule has 10 nitrogen and oxygen atoms in total. The fourth-order valence-electron chi connectivity index (χ4n) is 3.38. The Bertz CT molecular complexity index is 960. The summed E-state index contributed by atoms with van der Waals surface area (Å²) in [7, 11) is 0. The average molecular weight is 527 g/mol. The minimum atomic E-state index is -0.781. The number of carbonyl (C=O) groups excluding carboxylic acids is 4. The van der Waals surface area contributed by atoms with E-state index in [1.807, 2.05) is 60.7 Å². The van der Waals surface area contributed by atoms with Gasteiger partial charge in [0.25, 0.3) is 0 Å². The van der Waals surface area contributed by atoms with Crippen LogP contribution in [0.15, 0.2) is 72.8 Å². The second-order valence-electron chi connectivity index (χ2n) is 8.10. The lowest BCUT2D eigenvalue weighted by atomic mass is 10.1. The normalized spacial score (nSPS) is 12.2. The topological polar surface area (TPSA) is 129 Å². The Morgan fingerprint density at radius 1 is 0.632 bits per heavy atom. The molecule has 0 radical (unpaired) electrons. The summed E-state index contributed by atoms with van der Waals surface area (Å²) < 4.78 is 20.3. The number of carbonyl (C=O) groups is 4. The number of alkyl carbamates (subject to hydrolysis) is 2. The van der Waals surface area contributed by atoms with E-state index in [2.05, 4.69) is 10.6 Å². The van der Waals surface area contributed by atoms with Crippen molar-refractivity contribution in [2.75, 3.05) is 26.4 Å². The van der Waals surface area contributed by atoms with Gasteiger partial charge in [0.2, 0.25) is 0 Å². The summed E-state index contributed by atoms with van der Waals surface area (Å²) >= 11 is 0. The van der Waals surface area contributed by atoms with E-state index in [1.165, 1.54) is 0 Å². The molecule has 0 unspecified atom stereocenters. The molecule has 0 saturated carbocycles. The second kappa shape index (κ2) is 17.2. The molecule has 0 saturated heterocycles. The van der Waals surface area contributed by atoms with Gasteiger partial charge in [0.1, 0.15) is 13.2 Å². The van der Waals surface area contributed by atoms with E-state index in [-0.39, 0.29) is 26.4 Å². The molecule has 0 fully saturated rings. The summed E-state index contributed by atoms with van der Waals surface area (Å²) in [5, 5.41) is 5.33. The Morgan fingerprint density at radius 2 is 1.00 bits per heavy atom. The summed E-state index contributed by atoms with van der Waals surface area (Å²) in [4.78, 5) is 48.1. The van der Waals surface area contributed by atoms with Crippen molar-refractivity contribution in [3.63, 3.8) is 0 Å². The summed E-state index contributed by atoms with van der Waals surface area (Å²) in [5.74, 6) is -1.56. The monoisotopic (exact) mass is 526 g/mol. The molecule has 2 aromatic carbocycles. The molecular formula is C28H34N2O8. The standard InChI is InChI=1S/C28H34N2O8/c1-3-35-27(33)29-23(17-21-11-7-5-8-12-21)19-37-25(31)15-16-26(32)38-20-24(30-28(34)36-4-2)18-22-13-9-6-10-14-22/h5-16,23-24H,3-4,17-20H2,1-2H3,(H,29,33)(H,30,34)/b16-15+/t23-,24-/m1/s1. The van der Waals surface area contributed by atoms with Crippen LogP contribution in [0.5, 0.6) is 0 Å². The first-order valence-electron chi connectivity index (χ1n) is 12.4. The van der Waals surface area contributed by atoms with Crippen LogP contribution in [0.25, 0.3) is 0 Å². The molecule has 38 heavy (non-hydrogen) atoms. The number of esters is 2. The zero-order chi connectivity index (χ0) is 27.6. The molecule has 0 heterocycles. The van der Waals surface area contributed by atoms with Gasteiger partial charge in [-0.15, -0.1) is 0 Å². The van der Waals surface area contributed by atoms with Crippen molar-refractivity contribution in [3.8, 4) is 0 Å². The van der Waals surface area contributed by atoms with Gasteiger partial charge in [0, 0.05) is 12.2 Å². The van der Waals surface area contributed by atoms with Crippen LogP contribution in [0.4, 0.5) is 9.59 Å². The van der Waals surface area contributed by atoms with Crippen LogP contribution in [0.2, 0.25) is 0 Å². The third kappa shape index (κ3) is 12.6. The molecular weight excluding hydrogens is 492 g/mol. The number of amides is 2. The van der Waals surface area contributed by atoms with Crippen LogP contribution in [-0.4, -0.2) is 62.6 Å². The number of hydrogen-bond acceptors (Lipinski definition) is 8. The van der Waals surface area contributed by atoms with Crippen LogP contribution in [0, 0.1) is 0 Å². The van der Waals surface area contributed by atoms with E-state index in [9.17, 15) is 19.2 Å². The minimum absolute atomic E-state index is 0.130. The molecule has 10 heteroatoms. The Labute approximate surface area is 222 Å². The highest BCUT2D eigenvalue weighted by atomic mass is 16.6. The molecule has 2 amide bonds. The van der Waals surface area contributed by atoms with Gasteiger partial charge < -0.3 is 29.6 Å². The molecule has 0 aliphatic rings. The maximum Gasteiger partial charge on any atom is 0.407 e. The summed E-state index contributed by atoms with van der Waals surface area (Å²) in [5.41, 5.74) is 1.87. The van der Waals surface area contributed by atoms with Gasteiger partial charge in [0.05, 0.1) is 25.3 Å². The first-order chi connectivity index (χ1) is 18.4. The SMILES string of the molecule is CCOC(=O)N[C@@H](COC(=O)/C=C/C(=O)OC[C@@H](Cc1ccccc1)NC(=O)OCC)Cc1ccccc1. The number of benzene rings is 2. The Morgan fingerprint density at radius 3 is 1.34 bits per heavy atom. The fraction of sp³-hybridized carbons (Fsp3) is 0.357. The third-order valence-electron chi connectivity index (χ3n) is 5.05. The highest BCUT2D eigenvalue weighted by Gasteiger charge is 2.17. The molecule has 0 spiro atoms. The number of nitrogens with one attached hydrogen (secondary N) is 2. The van der Waals surface area contributed by atoms with Gasteiger partial charge in [0.15, 0.2) is 0 Å². The quantitative estimate of drug-likeness (QED) is 0.218. The van der Waals surface area contributed by atoms with Crippen LogP contribution in [-0.2, 0) is 41.4 Å².